The highest BCUT2D eigenvalue weighted by Crippen LogP contribution is 2.44. The minimum atomic E-state index is -0.942. The van der Waals surface area contributed by atoms with Crippen molar-refractivity contribution >= 4 is 17.6 Å². The minimum Gasteiger partial charge on any atom is -0.481 e. The minimum absolute atomic E-state index is 0.252. The fourth-order valence-corrected chi connectivity index (χ4v) is 3.37. The van der Waals surface area contributed by atoms with Gasteiger partial charge in [0.15, 0.2) is 0 Å². The summed E-state index contributed by atoms with van der Waals surface area (Å²) in [6, 6.07) is 5.68. The van der Waals surface area contributed by atoms with E-state index in [0.717, 1.165) is 24.0 Å². The molecule has 1 aromatic rings. The van der Waals surface area contributed by atoms with E-state index in [0.29, 0.717) is 5.69 Å². The van der Waals surface area contributed by atoms with Crippen LogP contribution in [0.15, 0.2) is 18.2 Å². The average molecular weight is 289 g/mol. The first kappa shape index (κ1) is 14.1. The summed E-state index contributed by atoms with van der Waals surface area (Å²) >= 11 is 0. The van der Waals surface area contributed by atoms with Crippen LogP contribution in [0.5, 0.6) is 0 Å². The molecule has 21 heavy (non-hydrogen) atoms. The van der Waals surface area contributed by atoms with E-state index in [-0.39, 0.29) is 18.1 Å². The number of ether oxygens (including phenoxy) is 1. The number of anilines is 1. The lowest BCUT2D eigenvalue weighted by molar-refractivity contribution is -0.147. The maximum atomic E-state index is 12.5. The van der Waals surface area contributed by atoms with Crippen LogP contribution in [-0.4, -0.2) is 29.2 Å². The van der Waals surface area contributed by atoms with Crippen molar-refractivity contribution in [2.24, 2.45) is 11.8 Å². The molecule has 2 N–H and O–H groups in total. The van der Waals surface area contributed by atoms with Crippen molar-refractivity contribution in [3.63, 3.8) is 0 Å². The second-order valence-electron chi connectivity index (χ2n) is 5.97. The highest BCUT2D eigenvalue weighted by atomic mass is 16.5. The number of aryl methyl sites for hydroxylation is 2. The van der Waals surface area contributed by atoms with Gasteiger partial charge in [0.25, 0.3) is 0 Å². The number of hydrogen-bond acceptors (Lipinski definition) is 3. The van der Waals surface area contributed by atoms with Crippen LogP contribution in [0.2, 0.25) is 0 Å². The van der Waals surface area contributed by atoms with Gasteiger partial charge in [0, 0.05) is 5.69 Å². The summed E-state index contributed by atoms with van der Waals surface area (Å²) < 4.78 is 5.62. The van der Waals surface area contributed by atoms with Crippen molar-refractivity contribution in [2.45, 2.75) is 38.9 Å². The van der Waals surface area contributed by atoms with Crippen molar-refractivity contribution < 1.29 is 19.4 Å². The molecule has 5 heteroatoms. The van der Waals surface area contributed by atoms with Crippen molar-refractivity contribution in [3.05, 3.63) is 29.3 Å². The van der Waals surface area contributed by atoms with Crippen LogP contribution in [0.25, 0.3) is 0 Å². The highest BCUT2D eigenvalue weighted by Gasteiger charge is 2.55. The van der Waals surface area contributed by atoms with Crippen molar-refractivity contribution in [1.82, 2.24) is 0 Å². The zero-order valence-electron chi connectivity index (χ0n) is 12.1. The summed E-state index contributed by atoms with van der Waals surface area (Å²) in [5.41, 5.74) is 2.95. The number of amides is 1. The number of hydrogen-bond donors (Lipinski definition) is 2. The molecule has 2 aliphatic rings. The third-order valence-electron chi connectivity index (χ3n) is 4.64. The Bertz CT molecular complexity index is 598. The Labute approximate surface area is 123 Å². The molecule has 0 aromatic heterocycles. The molecular formula is C16H19NO4. The van der Waals surface area contributed by atoms with Gasteiger partial charge in [-0.2, -0.15) is 0 Å². The number of aliphatic carboxylic acids is 1. The van der Waals surface area contributed by atoms with Gasteiger partial charge in [-0.05, 0) is 49.9 Å². The van der Waals surface area contributed by atoms with E-state index in [1.807, 2.05) is 32.0 Å². The third-order valence-corrected chi connectivity index (χ3v) is 4.64. The van der Waals surface area contributed by atoms with E-state index in [2.05, 4.69) is 5.32 Å². The van der Waals surface area contributed by atoms with Crippen LogP contribution in [0.4, 0.5) is 5.69 Å². The molecule has 0 radical (unpaired) electrons. The van der Waals surface area contributed by atoms with Crippen LogP contribution >= 0.6 is 0 Å². The Balaban J connectivity index is 1.78. The van der Waals surface area contributed by atoms with Crippen LogP contribution in [0.1, 0.15) is 24.0 Å². The summed E-state index contributed by atoms with van der Waals surface area (Å²) in [7, 11) is 0. The summed E-state index contributed by atoms with van der Waals surface area (Å²) in [5.74, 6) is -2.52. The smallest absolute Gasteiger partial charge is 0.310 e. The first-order valence-corrected chi connectivity index (χ1v) is 7.24. The summed E-state index contributed by atoms with van der Waals surface area (Å²) in [4.78, 5) is 23.9. The first-order valence-electron chi connectivity index (χ1n) is 7.24. The normalized spacial score (nSPS) is 30.4. The van der Waals surface area contributed by atoms with Gasteiger partial charge in [0.05, 0.1) is 24.0 Å². The molecule has 2 saturated heterocycles. The second-order valence-corrected chi connectivity index (χ2v) is 5.97. The molecule has 112 valence electrons. The SMILES string of the molecule is Cc1ccc(NC(=O)[C@H]2[C@@H](C(=O)O)[C@H]3CC[C@@H]2O3)cc1C. The third kappa shape index (κ3) is 2.42. The quantitative estimate of drug-likeness (QED) is 0.893. The fraction of sp³-hybridized carbons (Fsp3) is 0.500. The number of carbonyl (C=O) groups excluding carboxylic acids is 1. The van der Waals surface area contributed by atoms with Gasteiger partial charge in [-0.25, -0.2) is 0 Å². The zero-order chi connectivity index (χ0) is 15.1. The van der Waals surface area contributed by atoms with Gasteiger partial charge in [0.1, 0.15) is 0 Å². The first-order chi connectivity index (χ1) is 9.97. The van der Waals surface area contributed by atoms with E-state index in [1.165, 1.54) is 0 Å². The number of benzene rings is 1. The molecule has 1 aromatic carbocycles. The summed E-state index contributed by atoms with van der Waals surface area (Å²) in [6.45, 7) is 3.98. The number of nitrogens with one attached hydrogen (secondary N) is 1. The fourth-order valence-electron chi connectivity index (χ4n) is 3.37. The van der Waals surface area contributed by atoms with Gasteiger partial charge in [-0.15, -0.1) is 0 Å². The van der Waals surface area contributed by atoms with E-state index in [1.54, 1.807) is 0 Å². The zero-order valence-corrected chi connectivity index (χ0v) is 12.1. The number of rotatable bonds is 3. The lowest BCUT2D eigenvalue weighted by Crippen LogP contribution is -2.40. The Morgan fingerprint density at radius 3 is 2.43 bits per heavy atom. The van der Waals surface area contributed by atoms with Gasteiger partial charge in [0.2, 0.25) is 5.91 Å². The van der Waals surface area contributed by atoms with Crippen LogP contribution in [-0.2, 0) is 14.3 Å². The molecule has 0 spiro atoms. The van der Waals surface area contributed by atoms with E-state index in [4.69, 9.17) is 4.74 Å². The molecule has 4 atom stereocenters. The van der Waals surface area contributed by atoms with E-state index < -0.39 is 17.8 Å². The topological polar surface area (TPSA) is 75.6 Å². The molecule has 0 unspecified atom stereocenters. The largest absolute Gasteiger partial charge is 0.481 e. The Morgan fingerprint density at radius 1 is 1.14 bits per heavy atom. The second kappa shape index (κ2) is 5.15. The number of carboxylic acids is 1. The molecule has 5 nitrogen and oxygen atoms in total. The molecular weight excluding hydrogens is 270 g/mol. The standard InChI is InChI=1S/C16H19NO4/c1-8-3-4-10(7-9(8)2)17-15(18)13-11-5-6-12(21-11)14(13)16(19)20/h3-4,7,11-14H,5-6H2,1-2H3,(H,17,18)(H,19,20)/t11-,12+,13+,14-/m0/s1. The van der Waals surface area contributed by atoms with Crippen LogP contribution in [0, 0.1) is 25.7 Å². The van der Waals surface area contributed by atoms with E-state index >= 15 is 0 Å². The van der Waals surface area contributed by atoms with Gasteiger partial charge in [-0.3, -0.25) is 9.59 Å². The molecule has 2 fully saturated rings. The van der Waals surface area contributed by atoms with Gasteiger partial charge >= 0.3 is 5.97 Å². The molecule has 0 saturated carbocycles. The predicted octanol–water partition coefficient (Wildman–Crippen LogP) is 2.12. The Kier molecular flexibility index (Phi) is 3.45. The molecule has 3 rings (SSSR count). The van der Waals surface area contributed by atoms with E-state index in [9.17, 15) is 14.7 Å². The summed E-state index contributed by atoms with van der Waals surface area (Å²) in [5, 5.41) is 12.2. The van der Waals surface area contributed by atoms with Crippen LogP contribution < -0.4 is 5.32 Å². The molecule has 2 aliphatic heterocycles. The predicted molar refractivity (Wildman–Crippen MR) is 77.1 cm³/mol. The lowest BCUT2D eigenvalue weighted by Gasteiger charge is -2.24. The Morgan fingerprint density at radius 2 is 1.81 bits per heavy atom. The Hall–Kier alpha value is -1.88. The monoisotopic (exact) mass is 289 g/mol. The maximum absolute atomic E-state index is 12.5. The van der Waals surface area contributed by atoms with Gasteiger partial charge in [-0.1, -0.05) is 6.07 Å². The number of carboxylic acid groups (broad SMARTS) is 1. The maximum Gasteiger partial charge on any atom is 0.310 e. The number of carbonyl (C=O) groups is 2. The average Bonchev–Trinajstić information content (AvgIpc) is 3.03. The van der Waals surface area contributed by atoms with Gasteiger partial charge < -0.3 is 15.2 Å². The number of fused-ring (bicyclic) bond motifs is 2. The molecule has 1 amide bonds. The van der Waals surface area contributed by atoms with Crippen molar-refractivity contribution in [1.29, 1.82) is 0 Å². The molecule has 2 bridgehead atoms. The molecule has 0 aliphatic carbocycles. The lowest BCUT2D eigenvalue weighted by atomic mass is 9.78. The van der Waals surface area contributed by atoms with Crippen LogP contribution in [0.3, 0.4) is 0 Å². The summed E-state index contributed by atoms with van der Waals surface area (Å²) in [6.07, 6.45) is 0.916. The molecule has 2 heterocycles. The highest BCUT2D eigenvalue weighted by molar-refractivity contribution is 5.96. The van der Waals surface area contributed by atoms with Crippen molar-refractivity contribution in [2.75, 3.05) is 5.32 Å². The van der Waals surface area contributed by atoms with Crippen molar-refractivity contribution in [3.8, 4) is 0 Å².